The first kappa shape index (κ1) is 43.2. The number of anilines is 2. The molecule has 4 N–H and O–H groups in total. The van der Waals surface area contributed by atoms with E-state index in [0.29, 0.717) is 35.8 Å². The van der Waals surface area contributed by atoms with Crippen LogP contribution in [0.2, 0.25) is 10.0 Å². The van der Waals surface area contributed by atoms with Gasteiger partial charge in [-0.25, -0.2) is 14.4 Å². The first-order valence-electron chi connectivity index (χ1n) is 17.6. The molecule has 1 aliphatic rings. The van der Waals surface area contributed by atoms with Crippen molar-refractivity contribution in [2.75, 3.05) is 43.6 Å². The van der Waals surface area contributed by atoms with Gasteiger partial charge in [-0.05, 0) is 83.0 Å². The van der Waals surface area contributed by atoms with E-state index < -0.39 is 47.2 Å². The van der Waals surface area contributed by atoms with Gasteiger partial charge in [-0.15, -0.1) is 4.99 Å². The molecule has 1 heterocycles. The lowest BCUT2D eigenvalue weighted by Gasteiger charge is -2.31. The lowest BCUT2D eigenvalue weighted by atomic mass is 10.0. The molecule has 4 rings (SSSR count). The molecule has 15 nitrogen and oxygen atoms in total. The van der Waals surface area contributed by atoms with Crippen LogP contribution in [0.15, 0.2) is 65.7 Å². The smallest absolute Gasteiger partial charge is 0.437 e. The maximum atomic E-state index is 13.3. The molecule has 3 aromatic carbocycles. The summed E-state index contributed by atoms with van der Waals surface area (Å²) < 4.78 is 21.3. The van der Waals surface area contributed by atoms with Gasteiger partial charge < -0.3 is 39.8 Å². The molecule has 1 aliphatic heterocycles. The molecule has 3 aromatic rings. The Labute approximate surface area is 335 Å². The van der Waals surface area contributed by atoms with Crippen molar-refractivity contribution in [1.82, 2.24) is 16.0 Å². The monoisotopic (exact) mass is 812 g/mol. The summed E-state index contributed by atoms with van der Waals surface area (Å²) in [6, 6.07) is 16.4. The van der Waals surface area contributed by atoms with Crippen LogP contribution in [0.3, 0.4) is 0 Å². The normalized spacial score (nSPS) is 13.3. The molecule has 0 aromatic heterocycles. The highest BCUT2D eigenvalue weighted by Crippen LogP contribution is 2.35. The summed E-state index contributed by atoms with van der Waals surface area (Å²) in [5, 5.41) is 10.8. The van der Waals surface area contributed by atoms with E-state index in [1.807, 2.05) is 35.2 Å². The highest BCUT2D eigenvalue weighted by molar-refractivity contribution is 6.40. The average Bonchev–Trinajstić information content (AvgIpc) is 3.10. The number of rotatable bonds is 10. The van der Waals surface area contributed by atoms with Gasteiger partial charge in [0.15, 0.2) is 0 Å². The fraction of sp³-hybridized carbons (Fsp3) is 0.385. The largest absolute Gasteiger partial charge is 0.490 e. The Morgan fingerprint density at radius 3 is 2.18 bits per heavy atom. The van der Waals surface area contributed by atoms with Crippen LogP contribution in [0.1, 0.15) is 58.3 Å². The molecular formula is C39H46Cl2N6O9. The number of fused-ring (bicyclic) bond motifs is 1. The number of ether oxygens (including phenoxy) is 4. The molecule has 17 heteroatoms. The van der Waals surface area contributed by atoms with Crippen LogP contribution >= 0.6 is 23.2 Å². The predicted octanol–water partition coefficient (Wildman–Crippen LogP) is 6.56. The minimum absolute atomic E-state index is 0.00307. The number of aliphatic imine (C=N–C) groups is 1. The van der Waals surface area contributed by atoms with Crippen LogP contribution in [-0.4, -0.2) is 86.5 Å². The third-order valence-corrected chi connectivity index (χ3v) is 8.27. The molecule has 0 unspecified atom stereocenters. The molecule has 0 saturated carbocycles. The number of halogens is 2. The van der Waals surface area contributed by atoms with E-state index >= 15 is 0 Å². The van der Waals surface area contributed by atoms with Gasteiger partial charge in [0.05, 0.1) is 35.0 Å². The number of methoxy groups -OCH3 is 1. The number of benzene rings is 3. The van der Waals surface area contributed by atoms with Crippen molar-refractivity contribution < 1.29 is 42.9 Å². The van der Waals surface area contributed by atoms with Crippen LogP contribution in [-0.2, 0) is 23.8 Å². The number of alkyl carbamates (subject to hydrolysis) is 1. The minimum atomic E-state index is -1.25. The molecule has 56 heavy (non-hydrogen) atoms. The van der Waals surface area contributed by atoms with Gasteiger partial charge in [0.25, 0.3) is 5.91 Å². The Hall–Kier alpha value is -5.54. The predicted molar refractivity (Wildman–Crippen MR) is 214 cm³/mol. The fourth-order valence-electron chi connectivity index (χ4n) is 5.28. The van der Waals surface area contributed by atoms with Gasteiger partial charge in [0.1, 0.15) is 29.6 Å². The molecule has 0 bridgehead atoms. The molecule has 0 aliphatic carbocycles. The van der Waals surface area contributed by atoms with Crippen LogP contribution in [0, 0.1) is 0 Å². The molecule has 300 valence electrons. The second kappa shape index (κ2) is 18.9. The number of guanidine groups is 1. The van der Waals surface area contributed by atoms with E-state index in [4.69, 9.17) is 42.1 Å². The SMILES string of the molecule is COC(=O)[C@H](CNC(=O)CCN1CCOc2ccc(N/C(=N\C(=O)OC(C)(C)C)NC(=O)OC(C)(C)C)cc21)NC(=O)c1c(Cl)cc(-c2ccccc2)cc1Cl. The molecular weight excluding hydrogens is 767 g/mol. The van der Waals surface area contributed by atoms with Crippen LogP contribution < -0.4 is 30.9 Å². The van der Waals surface area contributed by atoms with E-state index in [1.165, 1.54) is 0 Å². The van der Waals surface area contributed by atoms with Gasteiger partial charge in [-0.1, -0.05) is 53.5 Å². The zero-order chi connectivity index (χ0) is 41.2. The average molecular weight is 814 g/mol. The van der Waals surface area contributed by atoms with Crippen molar-refractivity contribution in [3.05, 3.63) is 76.3 Å². The Kier molecular flexibility index (Phi) is 14.6. The summed E-state index contributed by atoms with van der Waals surface area (Å²) in [5.41, 5.74) is 0.920. The zero-order valence-corrected chi connectivity index (χ0v) is 33.7. The summed E-state index contributed by atoms with van der Waals surface area (Å²) in [6.07, 6.45) is -1.78. The van der Waals surface area contributed by atoms with Crippen LogP contribution in [0.25, 0.3) is 11.1 Å². The van der Waals surface area contributed by atoms with Gasteiger partial charge in [-0.3, -0.25) is 14.9 Å². The lowest BCUT2D eigenvalue weighted by Crippen LogP contribution is -2.49. The molecule has 0 spiro atoms. The number of nitrogens with zero attached hydrogens (tertiary/aromatic N) is 2. The van der Waals surface area contributed by atoms with Gasteiger partial charge in [0.2, 0.25) is 11.9 Å². The molecule has 0 radical (unpaired) electrons. The van der Waals surface area contributed by atoms with Gasteiger partial charge in [-0.2, -0.15) is 0 Å². The van der Waals surface area contributed by atoms with E-state index in [9.17, 15) is 24.0 Å². The fourth-order valence-corrected chi connectivity index (χ4v) is 5.94. The van der Waals surface area contributed by atoms with Gasteiger partial charge >= 0.3 is 18.2 Å². The van der Waals surface area contributed by atoms with Crippen molar-refractivity contribution in [3.63, 3.8) is 0 Å². The van der Waals surface area contributed by atoms with E-state index in [-0.39, 0.29) is 41.1 Å². The standard InChI is InChI=1S/C39H46Cl2N6O9/c1-38(2,3)55-36(51)45-35(46-37(52)56-39(4,5)6)43-25-13-14-30-29(21-25)47(17-18-54-30)16-15-31(48)42-22-28(34(50)53-7)44-33(49)32-26(40)19-24(20-27(32)41)23-11-9-8-10-12-23/h8-14,19-21,28H,15-18,22H2,1-7H3,(H,42,48)(H,44,49)(H2,43,45,46,51,52)/t28-/m0/s1. The van der Waals surface area contributed by atoms with Crippen molar-refractivity contribution >= 4 is 70.5 Å². The number of carbonyl (C=O) groups is 5. The zero-order valence-electron chi connectivity index (χ0n) is 32.2. The van der Waals surface area contributed by atoms with Crippen LogP contribution in [0.5, 0.6) is 5.75 Å². The summed E-state index contributed by atoms with van der Waals surface area (Å²) in [7, 11) is 1.16. The minimum Gasteiger partial charge on any atom is -0.490 e. The molecule has 4 amide bonds. The van der Waals surface area contributed by atoms with E-state index in [1.54, 1.807) is 71.9 Å². The second-order valence-corrected chi connectivity index (χ2v) is 15.3. The Morgan fingerprint density at radius 2 is 1.55 bits per heavy atom. The number of nitrogens with one attached hydrogen (secondary N) is 4. The van der Waals surface area contributed by atoms with E-state index in [0.717, 1.165) is 12.7 Å². The third kappa shape index (κ3) is 13.0. The summed E-state index contributed by atoms with van der Waals surface area (Å²) in [6.45, 7) is 10.9. The Balaban J connectivity index is 1.41. The highest BCUT2D eigenvalue weighted by atomic mass is 35.5. The number of carbonyl (C=O) groups excluding carboxylic acids is 5. The summed E-state index contributed by atoms with van der Waals surface area (Å²) in [4.78, 5) is 69.9. The summed E-state index contributed by atoms with van der Waals surface area (Å²) in [5.74, 6) is -1.62. The van der Waals surface area contributed by atoms with Crippen LogP contribution in [0.4, 0.5) is 21.0 Å². The van der Waals surface area contributed by atoms with Crippen molar-refractivity contribution in [2.24, 2.45) is 4.99 Å². The maximum absolute atomic E-state index is 13.3. The number of esters is 1. The third-order valence-electron chi connectivity index (χ3n) is 7.68. The number of hydrogen-bond acceptors (Lipinski definition) is 10. The van der Waals surface area contributed by atoms with E-state index in [2.05, 4.69) is 26.3 Å². The quantitative estimate of drug-likeness (QED) is 0.0752. The second-order valence-electron chi connectivity index (χ2n) is 14.5. The Bertz CT molecular complexity index is 1940. The first-order chi connectivity index (χ1) is 26.3. The molecule has 0 saturated heterocycles. The maximum Gasteiger partial charge on any atom is 0.437 e. The topological polar surface area (TPSA) is 186 Å². The van der Waals surface area contributed by atoms with Crippen molar-refractivity contribution in [1.29, 1.82) is 0 Å². The van der Waals surface area contributed by atoms with Crippen molar-refractivity contribution in [2.45, 2.75) is 65.2 Å². The molecule has 1 atom stereocenters. The highest BCUT2D eigenvalue weighted by Gasteiger charge is 2.27. The summed E-state index contributed by atoms with van der Waals surface area (Å²) >= 11 is 13.0. The lowest BCUT2D eigenvalue weighted by molar-refractivity contribution is -0.142. The number of hydrogen-bond donors (Lipinski definition) is 4. The van der Waals surface area contributed by atoms with Crippen molar-refractivity contribution in [3.8, 4) is 16.9 Å². The number of amides is 4. The van der Waals surface area contributed by atoms with Gasteiger partial charge in [0, 0.05) is 25.2 Å². The Morgan fingerprint density at radius 1 is 0.893 bits per heavy atom. The first-order valence-corrected chi connectivity index (χ1v) is 18.4. The molecule has 0 fully saturated rings.